The molecule has 112 valence electrons. The zero-order chi connectivity index (χ0) is 14.9. The van der Waals surface area contributed by atoms with Crippen LogP contribution >= 0.6 is 0 Å². The Balaban J connectivity index is 2.76. The molecule has 0 saturated carbocycles. The first-order chi connectivity index (χ1) is 8.48. The fraction of sp³-hybridized carbons (Fsp3) is 0.933. The summed E-state index contributed by atoms with van der Waals surface area (Å²) in [7, 11) is 0. The van der Waals surface area contributed by atoms with Crippen LogP contribution in [-0.4, -0.2) is 35.2 Å². The van der Waals surface area contributed by atoms with Gasteiger partial charge in [-0.15, -0.1) is 0 Å². The second-order valence-corrected chi connectivity index (χ2v) is 7.40. The summed E-state index contributed by atoms with van der Waals surface area (Å²) in [6, 6.07) is 0. The van der Waals surface area contributed by atoms with Gasteiger partial charge in [0.15, 0.2) is 0 Å². The SMILES string of the molecule is CC(C)(C(=O)NC(C)(C)C(C)(C)O)C1CCCNC1. The monoisotopic (exact) mass is 270 g/mol. The summed E-state index contributed by atoms with van der Waals surface area (Å²) in [6.07, 6.45) is 2.20. The van der Waals surface area contributed by atoms with E-state index in [0.717, 1.165) is 25.9 Å². The van der Waals surface area contributed by atoms with E-state index in [9.17, 15) is 9.90 Å². The van der Waals surface area contributed by atoms with Crippen LogP contribution in [0.1, 0.15) is 54.4 Å². The quantitative estimate of drug-likeness (QED) is 0.728. The summed E-state index contributed by atoms with van der Waals surface area (Å²) in [6.45, 7) is 13.1. The molecule has 1 heterocycles. The van der Waals surface area contributed by atoms with Crippen molar-refractivity contribution in [2.24, 2.45) is 11.3 Å². The summed E-state index contributed by atoms with van der Waals surface area (Å²) < 4.78 is 0. The number of hydrogen-bond acceptors (Lipinski definition) is 3. The lowest BCUT2D eigenvalue weighted by molar-refractivity contribution is -0.137. The van der Waals surface area contributed by atoms with E-state index in [1.165, 1.54) is 0 Å². The molecule has 0 aliphatic carbocycles. The molecule has 1 fully saturated rings. The van der Waals surface area contributed by atoms with Gasteiger partial charge in [-0.05, 0) is 59.5 Å². The maximum atomic E-state index is 12.6. The summed E-state index contributed by atoms with van der Waals surface area (Å²) in [5, 5.41) is 16.5. The summed E-state index contributed by atoms with van der Waals surface area (Å²) in [5.41, 5.74) is -2.02. The molecule has 1 aliphatic rings. The lowest BCUT2D eigenvalue weighted by Crippen LogP contribution is -2.61. The second kappa shape index (κ2) is 5.41. The third-order valence-electron chi connectivity index (χ3n) is 4.86. The molecule has 0 aromatic heterocycles. The van der Waals surface area contributed by atoms with Crippen LogP contribution in [0.15, 0.2) is 0 Å². The van der Waals surface area contributed by atoms with Crippen molar-refractivity contribution < 1.29 is 9.90 Å². The van der Waals surface area contributed by atoms with Crippen molar-refractivity contribution in [3.8, 4) is 0 Å². The molecule has 0 radical (unpaired) electrons. The first-order valence-corrected chi connectivity index (χ1v) is 7.24. The van der Waals surface area contributed by atoms with Gasteiger partial charge in [-0.1, -0.05) is 13.8 Å². The molecule has 19 heavy (non-hydrogen) atoms. The van der Waals surface area contributed by atoms with E-state index in [4.69, 9.17) is 0 Å². The van der Waals surface area contributed by atoms with Crippen molar-refractivity contribution in [3.05, 3.63) is 0 Å². The lowest BCUT2D eigenvalue weighted by atomic mass is 9.73. The Morgan fingerprint density at radius 2 is 1.79 bits per heavy atom. The van der Waals surface area contributed by atoms with Gasteiger partial charge in [-0.2, -0.15) is 0 Å². The third-order valence-corrected chi connectivity index (χ3v) is 4.86. The number of nitrogens with one attached hydrogen (secondary N) is 2. The molecule has 0 bridgehead atoms. The van der Waals surface area contributed by atoms with Gasteiger partial charge in [0.25, 0.3) is 0 Å². The van der Waals surface area contributed by atoms with Crippen LogP contribution in [0.3, 0.4) is 0 Å². The molecule has 1 unspecified atom stereocenters. The summed E-state index contributed by atoms with van der Waals surface area (Å²) in [5.74, 6) is 0.368. The Morgan fingerprint density at radius 3 is 2.21 bits per heavy atom. The van der Waals surface area contributed by atoms with Crippen LogP contribution in [0.2, 0.25) is 0 Å². The Hall–Kier alpha value is -0.610. The van der Waals surface area contributed by atoms with Gasteiger partial charge in [0.2, 0.25) is 5.91 Å². The zero-order valence-electron chi connectivity index (χ0n) is 13.3. The van der Waals surface area contributed by atoms with E-state index in [1.807, 2.05) is 27.7 Å². The molecule has 1 atom stereocenters. The number of aliphatic hydroxyl groups is 1. The average Bonchev–Trinajstić information content (AvgIpc) is 2.28. The highest BCUT2D eigenvalue weighted by atomic mass is 16.3. The molecule has 4 nitrogen and oxygen atoms in total. The van der Waals surface area contributed by atoms with E-state index in [0.29, 0.717) is 5.92 Å². The minimum absolute atomic E-state index is 0.0216. The predicted octanol–water partition coefficient (Wildman–Crippen LogP) is 1.68. The van der Waals surface area contributed by atoms with E-state index in [-0.39, 0.29) is 5.91 Å². The average molecular weight is 270 g/mol. The van der Waals surface area contributed by atoms with E-state index >= 15 is 0 Å². The number of hydrogen-bond donors (Lipinski definition) is 3. The predicted molar refractivity (Wildman–Crippen MR) is 77.9 cm³/mol. The van der Waals surface area contributed by atoms with Crippen molar-refractivity contribution in [1.82, 2.24) is 10.6 Å². The summed E-state index contributed by atoms with van der Waals surface area (Å²) >= 11 is 0. The number of piperidine rings is 1. The van der Waals surface area contributed by atoms with Gasteiger partial charge in [0.05, 0.1) is 11.1 Å². The molecule has 0 aromatic carbocycles. The highest BCUT2D eigenvalue weighted by Gasteiger charge is 2.43. The van der Waals surface area contributed by atoms with Crippen LogP contribution < -0.4 is 10.6 Å². The van der Waals surface area contributed by atoms with Crippen LogP contribution in [0.4, 0.5) is 0 Å². The molecule has 4 heteroatoms. The summed E-state index contributed by atoms with van der Waals surface area (Å²) in [4.78, 5) is 12.6. The van der Waals surface area contributed by atoms with Gasteiger partial charge in [-0.3, -0.25) is 4.79 Å². The molecule has 1 rings (SSSR count). The van der Waals surface area contributed by atoms with Crippen LogP contribution in [0.5, 0.6) is 0 Å². The first kappa shape index (κ1) is 16.4. The number of carbonyl (C=O) groups is 1. The van der Waals surface area contributed by atoms with E-state index in [1.54, 1.807) is 13.8 Å². The molecule has 1 saturated heterocycles. The fourth-order valence-electron chi connectivity index (χ4n) is 2.25. The maximum Gasteiger partial charge on any atom is 0.226 e. The van der Waals surface area contributed by atoms with Gasteiger partial charge in [0.1, 0.15) is 0 Å². The Bertz CT molecular complexity index is 324. The Morgan fingerprint density at radius 1 is 1.21 bits per heavy atom. The normalized spacial score (nSPS) is 22.2. The van der Waals surface area contributed by atoms with Crippen LogP contribution in [0.25, 0.3) is 0 Å². The first-order valence-electron chi connectivity index (χ1n) is 7.24. The Kier molecular flexibility index (Phi) is 4.68. The standard InChI is InChI=1S/C15H30N2O2/c1-13(2,11-8-7-9-16-10-11)12(18)17-14(3,4)15(5,6)19/h11,16,19H,7-10H2,1-6H3,(H,17,18). The second-order valence-electron chi connectivity index (χ2n) is 7.40. The van der Waals surface area contributed by atoms with Gasteiger partial charge < -0.3 is 15.7 Å². The molecular weight excluding hydrogens is 240 g/mol. The van der Waals surface area contributed by atoms with Crippen molar-refractivity contribution in [3.63, 3.8) is 0 Å². The molecule has 1 aliphatic heterocycles. The minimum Gasteiger partial charge on any atom is -0.388 e. The topological polar surface area (TPSA) is 61.4 Å². The smallest absolute Gasteiger partial charge is 0.226 e. The Labute approximate surface area is 117 Å². The van der Waals surface area contributed by atoms with Crippen LogP contribution in [-0.2, 0) is 4.79 Å². The number of carbonyl (C=O) groups excluding carboxylic acids is 1. The third kappa shape index (κ3) is 3.69. The van der Waals surface area contributed by atoms with Crippen molar-refractivity contribution >= 4 is 5.91 Å². The minimum atomic E-state index is -0.955. The molecule has 3 N–H and O–H groups in total. The zero-order valence-corrected chi connectivity index (χ0v) is 13.3. The molecule has 0 aromatic rings. The number of amides is 1. The molecule has 1 amide bonds. The van der Waals surface area contributed by atoms with Crippen molar-refractivity contribution in [2.45, 2.75) is 65.5 Å². The van der Waals surface area contributed by atoms with Crippen molar-refractivity contribution in [2.75, 3.05) is 13.1 Å². The van der Waals surface area contributed by atoms with E-state index in [2.05, 4.69) is 10.6 Å². The van der Waals surface area contributed by atoms with E-state index < -0.39 is 16.6 Å². The van der Waals surface area contributed by atoms with Gasteiger partial charge in [0, 0.05) is 5.41 Å². The molecular formula is C15H30N2O2. The highest BCUT2D eigenvalue weighted by Crippen LogP contribution is 2.33. The molecule has 0 spiro atoms. The largest absolute Gasteiger partial charge is 0.388 e. The fourth-order valence-corrected chi connectivity index (χ4v) is 2.25. The number of rotatable bonds is 4. The van der Waals surface area contributed by atoms with Gasteiger partial charge in [-0.25, -0.2) is 0 Å². The highest BCUT2D eigenvalue weighted by molar-refractivity contribution is 5.83. The lowest BCUT2D eigenvalue weighted by Gasteiger charge is -2.42. The van der Waals surface area contributed by atoms with Crippen LogP contribution in [0, 0.1) is 11.3 Å². The van der Waals surface area contributed by atoms with Gasteiger partial charge >= 0.3 is 0 Å². The maximum absolute atomic E-state index is 12.6. The van der Waals surface area contributed by atoms with Crippen molar-refractivity contribution in [1.29, 1.82) is 0 Å².